The van der Waals surface area contributed by atoms with Crippen molar-refractivity contribution in [1.29, 1.82) is 0 Å². The van der Waals surface area contributed by atoms with Crippen molar-refractivity contribution in [3.63, 3.8) is 0 Å². The van der Waals surface area contributed by atoms with Gasteiger partial charge in [-0.3, -0.25) is 9.59 Å². The molecule has 1 amide bonds. The zero-order valence-corrected chi connectivity index (χ0v) is 9.35. The topological polar surface area (TPSA) is 101 Å². The number of aromatic nitrogens is 4. The van der Waals surface area contributed by atoms with Gasteiger partial charge in [-0.15, -0.1) is 5.10 Å². The van der Waals surface area contributed by atoms with Gasteiger partial charge in [-0.05, 0) is 23.8 Å². The average Bonchev–Trinajstić information content (AvgIpc) is 2.86. The molecule has 1 fully saturated rings. The van der Waals surface area contributed by atoms with Gasteiger partial charge in [0.2, 0.25) is 5.91 Å². The SMILES string of the molecule is CC1C(C(=O)O)CCN1C(=O)Cn1cnnn1. The van der Waals surface area contributed by atoms with Crippen LogP contribution in [0.5, 0.6) is 0 Å². The number of aliphatic carboxylic acids is 1. The van der Waals surface area contributed by atoms with Gasteiger partial charge < -0.3 is 10.0 Å². The van der Waals surface area contributed by atoms with Crippen molar-refractivity contribution in [2.24, 2.45) is 5.92 Å². The van der Waals surface area contributed by atoms with E-state index in [-0.39, 0.29) is 18.5 Å². The summed E-state index contributed by atoms with van der Waals surface area (Å²) in [4.78, 5) is 24.4. The Morgan fingerprint density at radius 1 is 1.53 bits per heavy atom. The van der Waals surface area contributed by atoms with Gasteiger partial charge in [-0.1, -0.05) is 0 Å². The number of hydrogen-bond acceptors (Lipinski definition) is 5. The largest absolute Gasteiger partial charge is 0.481 e. The van der Waals surface area contributed by atoms with E-state index < -0.39 is 11.9 Å². The van der Waals surface area contributed by atoms with Crippen LogP contribution in [0.25, 0.3) is 0 Å². The molecule has 8 nitrogen and oxygen atoms in total. The van der Waals surface area contributed by atoms with Crippen molar-refractivity contribution in [1.82, 2.24) is 25.1 Å². The summed E-state index contributed by atoms with van der Waals surface area (Å²) in [6.07, 6.45) is 1.85. The van der Waals surface area contributed by atoms with Crippen LogP contribution in [0.3, 0.4) is 0 Å². The third-order valence-corrected chi connectivity index (χ3v) is 3.08. The van der Waals surface area contributed by atoms with E-state index in [1.54, 1.807) is 11.8 Å². The maximum absolute atomic E-state index is 11.9. The van der Waals surface area contributed by atoms with Crippen molar-refractivity contribution >= 4 is 11.9 Å². The van der Waals surface area contributed by atoms with Crippen LogP contribution in [-0.4, -0.2) is 54.7 Å². The molecule has 1 aromatic rings. The Kier molecular flexibility index (Phi) is 3.03. The minimum atomic E-state index is -0.852. The molecular formula is C9H13N5O3. The molecule has 2 rings (SSSR count). The Bertz CT molecular complexity index is 418. The van der Waals surface area contributed by atoms with Crippen LogP contribution in [0.1, 0.15) is 13.3 Å². The van der Waals surface area contributed by atoms with Gasteiger partial charge in [0.15, 0.2) is 0 Å². The van der Waals surface area contributed by atoms with E-state index in [1.165, 1.54) is 11.0 Å². The first-order valence-electron chi connectivity index (χ1n) is 5.32. The van der Waals surface area contributed by atoms with E-state index in [0.717, 1.165) is 0 Å². The number of rotatable bonds is 3. The fourth-order valence-corrected chi connectivity index (χ4v) is 2.10. The Balaban J connectivity index is 1.99. The van der Waals surface area contributed by atoms with Crippen LogP contribution in [-0.2, 0) is 16.1 Å². The molecule has 1 N–H and O–H groups in total. The van der Waals surface area contributed by atoms with Crippen molar-refractivity contribution in [3.05, 3.63) is 6.33 Å². The maximum atomic E-state index is 11.9. The summed E-state index contributed by atoms with van der Waals surface area (Å²) < 4.78 is 1.32. The molecule has 1 aliphatic rings. The van der Waals surface area contributed by atoms with Crippen molar-refractivity contribution in [3.8, 4) is 0 Å². The van der Waals surface area contributed by atoms with Crippen molar-refractivity contribution in [2.75, 3.05) is 6.54 Å². The van der Waals surface area contributed by atoms with E-state index in [9.17, 15) is 9.59 Å². The Morgan fingerprint density at radius 3 is 2.82 bits per heavy atom. The quantitative estimate of drug-likeness (QED) is 0.725. The molecule has 92 valence electrons. The molecule has 2 unspecified atom stereocenters. The average molecular weight is 239 g/mol. The summed E-state index contributed by atoms with van der Waals surface area (Å²) in [6.45, 7) is 2.27. The molecule has 1 aromatic heterocycles. The number of likely N-dealkylation sites (tertiary alicyclic amines) is 1. The number of carboxylic acid groups (broad SMARTS) is 1. The summed E-state index contributed by atoms with van der Waals surface area (Å²) in [5.41, 5.74) is 0. The van der Waals surface area contributed by atoms with E-state index >= 15 is 0 Å². The molecule has 0 saturated carbocycles. The molecular weight excluding hydrogens is 226 g/mol. The first-order chi connectivity index (χ1) is 8.09. The number of carbonyl (C=O) groups excluding carboxylic acids is 1. The molecule has 1 saturated heterocycles. The van der Waals surface area contributed by atoms with Gasteiger partial charge in [0.05, 0.1) is 5.92 Å². The van der Waals surface area contributed by atoms with Crippen molar-refractivity contribution in [2.45, 2.75) is 25.9 Å². The van der Waals surface area contributed by atoms with E-state index in [2.05, 4.69) is 15.5 Å². The van der Waals surface area contributed by atoms with Gasteiger partial charge >= 0.3 is 5.97 Å². The minimum Gasteiger partial charge on any atom is -0.481 e. The molecule has 0 spiro atoms. The van der Waals surface area contributed by atoms with Crippen LogP contribution in [0, 0.1) is 5.92 Å². The fraction of sp³-hybridized carbons (Fsp3) is 0.667. The summed E-state index contributed by atoms with van der Waals surface area (Å²) in [6, 6.07) is -0.281. The number of carbonyl (C=O) groups is 2. The van der Waals surface area contributed by atoms with Gasteiger partial charge in [0.1, 0.15) is 12.9 Å². The predicted octanol–water partition coefficient (Wildman–Crippen LogP) is -1.01. The highest BCUT2D eigenvalue weighted by molar-refractivity contribution is 5.79. The first-order valence-corrected chi connectivity index (χ1v) is 5.32. The maximum Gasteiger partial charge on any atom is 0.308 e. The van der Waals surface area contributed by atoms with Gasteiger partial charge in [0.25, 0.3) is 0 Å². The number of nitrogens with zero attached hydrogens (tertiary/aromatic N) is 5. The van der Waals surface area contributed by atoms with Crippen LogP contribution >= 0.6 is 0 Å². The van der Waals surface area contributed by atoms with Crippen LogP contribution in [0.2, 0.25) is 0 Å². The third kappa shape index (κ3) is 2.24. The zero-order valence-electron chi connectivity index (χ0n) is 9.35. The lowest BCUT2D eigenvalue weighted by molar-refractivity contribution is -0.143. The minimum absolute atomic E-state index is 0.0453. The first kappa shape index (κ1) is 11.5. The number of tetrazole rings is 1. The smallest absolute Gasteiger partial charge is 0.308 e. The van der Waals surface area contributed by atoms with Crippen LogP contribution < -0.4 is 0 Å². The number of carboxylic acids is 1. The summed E-state index contributed by atoms with van der Waals surface area (Å²) in [5, 5.41) is 19.4. The highest BCUT2D eigenvalue weighted by Crippen LogP contribution is 2.24. The standard InChI is InChI=1S/C9H13N5O3/c1-6-7(9(16)17)2-3-14(6)8(15)4-13-5-10-11-12-13/h5-7H,2-4H2,1H3,(H,16,17). The summed E-state index contributed by atoms with van der Waals surface area (Å²) in [7, 11) is 0. The molecule has 0 aliphatic carbocycles. The van der Waals surface area contributed by atoms with Crippen LogP contribution in [0.4, 0.5) is 0 Å². The molecule has 0 bridgehead atoms. The second-order valence-electron chi connectivity index (χ2n) is 4.07. The molecule has 0 aromatic carbocycles. The van der Waals surface area contributed by atoms with Crippen molar-refractivity contribution < 1.29 is 14.7 Å². The van der Waals surface area contributed by atoms with E-state index in [0.29, 0.717) is 13.0 Å². The summed E-state index contributed by atoms with van der Waals surface area (Å²) in [5.74, 6) is -1.49. The molecule has 1 aliphatic heterocycles. The second-order valence-corrected chi connectivity index (χ2v) is 4.07. The summed E-state index contributed by atoms with van der Waals surface area (Å²) >= 11 is 0. The van der Waals surface area contributed by atoms with E-state index in [1.807, 2.05) is 0 Å². The molecule has 8 heteroatoms. The second kappa shape index (κ2) is 4.48. The Morgan fingerprint density at radius 2 is 2.29 bits per heavy atom. The highest BCUT2D eigenvalue weighted by atomic mass is 16.4. The third-order valence-electron chi connectivity index (χ3n) is 3.08. The van der Waals surface area contributed by atoms with Gasteiger partial charge in [-0.25, -0.2) is 4.68 Å². The molecule has 2 heterocycles. The zero-order chi connectivity index (χ0) is 12.4. The lowest BCUT2D eigenvalue weighted by Gasteiger charge is -2.22. The highest BCUT2D eigenvalue weighted by Gasteiger charge is 2.37. The Labute approximate surface area is 97.2 Å². The predicted molar refractivity (Wildman–Crippen MR) is 54.7 cm³/mol. The lowest BCUT2D eigenvalue weighted by atomic mass is 10.0. The van der Waals surface area contributed by atoms with E-state index in [4.69, 9.17) is 5.11 Å². The van der Waals surface area contributed by atoms with Crippen LogP contribution in [0.15, 0.2) is 6.33 Å². The number of hydrogen-bond donors (Lipinski definition) is 1. The number of amides is 1. The normalized spacial score (nSPS) is 23.9. The van der Waals surface area contributed by atoms with Gasteiger partial charge in [-0.2, -0.15) is 0 Å². The lowest BCUT2D eigenvalue weighted by Crippen LogP contribution is -2.39. The monoisotopic (exact) mass is 239 g/mol. The molecule has 17 heavy (non-hydrogen) atoms. The fourth-order valence-electron chi connectivity index (χ4n) is 2.10. The Hall–Kier alpha value is -1.99. The van der Waals surface area contributed by atoms with Gasteiger partial charge in [0, 0.05) is 12.6 Å². The molecule has 2 atom stereocenters. The molecule has 0 radical (unpaired) electrons.